The average Bonchev–Trinajstić information content (AvgIpc) is 2.11. The van der Waals surface area contributed by atoms with Crippen LogP contribution >= 0.6 is 0 Å². The Hall–Kier alpha value is -2.16. The fraction of sp³-hybridized carbons (Fsp3) is 0.556. The lowest BCUT2D eigenvalue weighted by molar-refractivity contribution is -0.140. The van der Waals surface area contributed by atoms with Crippen LogP contribution in [0.3, 0.4) is 0 Å². The van der Waals surface area contributed by atoms with Gasteiger partial charge in [-0.1, -0.05) is 0 Å². The summed E-state index contributed by atoms with van der Waals surface area (Å²) in [5.41, 5.74) is 13.9. The lowest BCUT2D eigenvalue weighted by Crippen LogP contribution is -2.30. The Kier molecular flexibility index (Phi) is 15.2. The van der Waals surface area contributed by atoms with Crippen molar-refractivity contribution >= 4 is 23.8 Å². The number of hydrogen-bond acceptors (Lipinski definition) is 5. The number of carboxylic acids is 2. The molecule has 0 saturated carbocycles. The van der Waals surface area contributed by atoms with E-state index >= 15 is 0 Å². The summed E-state index contributed by atoms with van der Waals surface area (Å²) in [5, 5.41) is 16.3. The molecule has 0 aliphatic heterocycles. The van der Waals surface area contributed by atoms with Gasteiger partial charge in [0.25, 0.3) is 0 Å². The number of carboxylic acid groups (broad SMARTS) is 2. The van der Waals surface area contributed by atoms with Crippen LogP contribution in [0.2, 0.25) is 0 Å². The molecule has 2 amide bonds. The van der Waals surface area contributed by atoms with E-state index in [4.69, 9.17) is 15.9 Å². The van der Waals surface area contributed by atoms with Gasteiger partial charge < -0.3 is 27.4 Å². The Bertz CT molecular complexity index is 272. The van der Waals surface area contributed by atoms with Crippen molar-refractivity contribution in [3.63, 3.8) is 0 Å². The first-order chi connectivity index (χ1) is 8.00. The van der Waals surface area contributed by atoms with Crippen LogP contribution in [-0.4, -0.2) is 40.0 Å². The van der Waals surface area contributed by atoms with Gasteiger partial charge in [-0.05, 0) is 6.42 Å². The monoisotopic (exact) mass is 265 g/mol. The molecule has 0 aromatic rings. The Balaban J connectivity index is -0.000000233. The first kappa shape index (κ1) is 21.2. The second-order valence-corrected chi connectivity index (χ2v) is 3.10. The summed E-state index contributed by atoms with van der Waals surface area (Å²) in [6.45, 7) is 2.61. The molecule has 1 atom stereocenters. The summed E-state index contributed by atoms with van der Waals surface area (Å²) in [4.78, 5) is 38.3. The van der Waals surface area contributed by atoms with Crippen molar-refractivity contribution in [2.75, 3.05) is 0 Å². The smallest absolute Gasteiger partial charge is 0.320 e. The van der Waals surface area contributed by atoms with Crippen molar-refractivity contribution in [2.45, 2.75) is 32.7 Å². The van der Waals surface area contributed by atoms with Crippen LogP contribution in [-0.2, 0) is 19.2 Å². The van der Waals surface area contributed by atoms with E-state index in [0.717, 1.165) is 0 Å². The highest BCUT2D eigenvalue weighted by atomic mass is 16.4. The minimum atomic E-state index is -1.17. The molecule has 0 aromatic carbocycles. The zero-order valence-electron chi connectivity index (χ0n) is 10.3. The first-order valence-corrected chi connectivity index (χ1v) is 4.72. The van der Waals surface area contributed by atoms with Gasteiger partial charge in [-0.2, -0.15) is 0 Å². The molecule has 0 spiro atoms. The number of nitrogens with two attached hydrogens (primary N) is 3. The molecule has 9 heteroatoms. The highest BCUT2D eigenvalue weighted by Gasteiger charge is 2.12. The van der Waals surface area contributed by atoms with Crippen LogP contribution in [0.1, 0.15) is 26.7 Å². The lowest BCUT2D eigenvalue weighted by atomic mass is 10.2. The lowest BCUT2D eigenvalue weighted by Gasteiger charge is -2.01. The van der Waals surface area contributed by atoms with Gasteiger partial charge >= 0.3 is 11.9 Å². The Morgan fingerprint density at radius 1 is 1.00 bits per heavy atom. The van der Waals surface area contributed by atoms with Gasteiger partial charge in [0.2, 0.25) is 11.8 Å². The molecule has 0 aliphatic rings. The van der Waals surface area contributed by atoms with Gasteiger partial charge in [-0.15, -0.1) is 0 Å². The predicted molar refractivity (Wildman–Crippen MR) is 62.2 cm³/mol. The molecule has 0 radical (unpaired) electrons. The van der Waals surface area contributed by atoms with Crippen molar-refractivity contribution in [3.8, 4) is 0 Å². The maximum absolute atomic E-state index is 9.99. The van der Waals surface area contributed by atoms with Gasteiger partial charge in [-0.25, -0.2) is 0 Å². The van der Waals surface area contributed by atoms with Crippen LogP contribution in [0.15, 0.2) is 0 Å². The van der Waals surface area contributed by atoms with Gasteiger partial charge in [0.05, 0.1) is 0 Å². The summed E-state index contributed by atoms with van der Waals surface area (Å²) in [7, 11) is 0. The molecule has 0 heterocycles. The largest absolute Gasteiger partial charge is 0.481 e. The number of primary amides is 2. The topological polar surface area (TPSA) is 187 Å². The zero-order valence-corrected chi connectivity index (χ0v) is 10.3. The third kappa shape index (κ3) is 48.8. The molecular formula is C9H19N3O6. The molecule has 0 bridgehead atoms. The van der Waals surface area contributed by atoms with Crippen molar-refractivity contribution < 1.29 is 29.4 Å². The molecule has 0 aromatic heterocycles. The molecule has 106 valence electrons. The maximum atomic E-state index is 9.99. The Morgan fingerprint density at radius 3 is 1.44 bits per heavy atom. The van der Waals surface area contributed by atoms with Crippen molar-refractivity contribution in [1.82, 2.24) is 0 Å². The molecule has 9 nitrogen and oxygen atoms in total. The number of carbonyl (C=O) groups is 4. The van der Waals surface area contributed by atoms with E-state index < -0.39 is 18.0 Å². The van der Waals surface area contributed by atoms with E-state index in [-0.39, 0.29) is 24.7 Å². The predicted octanol–water partition coefficient (Wildman–Crippen LogP) is -1.75. The maximum Gasteiger partial charge on any atom is 0.320 e. The highest BCUT2D eigenvalue weighted by Crippen LogP contribution is 1.93. The molecule has 0 rings (SSSR count). The summed E-state index contributed by atoms with van der Waals surface area (Å²) >= 11 is 0. The number of aliphatic carboxylic acids is 2. The summed E-state index contributed by atoms with van der Waals surface area (Å²) < 4.78 is 0. The third-order valence-corrected chi connectivity index (χ3v) is 0.986. The molecule has 0 aliphatic carbocycles. The van der Waals surface area contributed by atoms with Crippen LogP contribution in [0.25, 0.3) is 0 Å². The van der Waals surface area contributed by atoms with Crippen molar-refractivity contribution in [1.29, 1.82) is 0 Å². The Morgan fingerprint density at radius 2 is 1.28 bits per heavy atom. The van der Waals surface area contributed by atoms with Crippen molar-refractivity contribution in [2.24, 2.45) is 17.2 Å². The fourth-order valence-corrected chi connectivity index (χ4v) is 0.402. The second-order valence-electron chi connectivity index (χ2n) is 3.10. The second kappa shape index (κ2) is 12.9. The number of rotatable bonds is 4. The molecule has 0 saturated heterocycles. The summed E-state index contributed by atoms with van der Waals surface area (Å²) in [6, 6.07) is -1.06. The van der Waals surface area contributed by atoms with Crippen LogP contribution in [0.5, 0.6) is 0 Å². The van der Waals surface area contributed by atoms with E-state index in [9.17, 15) is 19.2 Å². The van der Waals surface area contributed by atoms with Gasteiger partial charge in [-0.3, -0.25) is 19.2 Å². The van der Waals surface area contributed by atoms with Crippen LogP contribution in [0.4, 0.5) is 0 Å². The van der Waals surface area contributed by atoms with Crippen LogP contribution < -0.4 is 17.2 Å². The van der Waals surface area contributed by atoms with Gasteiger partial charge in [0, 0.05) is 20.3 Å². The molecule has 0 unspecified atom stereocenters. The van der Waals surface area contributed by atoms with Crippen molar-refractivity contribution in [3.05, 3.63) is 0 Å². The number of amides is 2. The minimum absolute atomic E-state index is 0.0231. The van der Waals surface area contributed by atoms with E-state index in [1.54, 1.807) is 0 Å². The molecule has 18 heavy (non-hydrogen) atoms. The third-order valence-electron chi connectivity index (χ3n) is 0.986. The summed E-state index contributed by atoms with van der Waals surface area (Å²) in [6.07, 6.45) is -0.224. The standard InChI is InChI=1S/C5H9NO4.2C2H5NO/c6-3(5(9)10)1-2-4(7)8;2*1-2(3)4/h3H,1-2,6H2,(H,7,8)(H,9,10);2*1H3,(H2,3,4)/t3-;;/m0../s1. The normalized spacial score (nSPS) is 9.72. The first-order valence-electron chi connectivity index (χ1n) is 4.72. The average molecular weight is 265 g/mol. The van der Waals surface area contributed by atoms with E-state index in [1.165, 1.54) is 13.8 Å². The van der Waals surface area contributed by atoms with E-state index in [0.29, 0.717) is 0 Å². The van der Waals surface area contributed by atoms with Gasteiger partial charge in [0.1, 0.15) is 6.04 Å². The number of carbonyl (C=O) groups excluding carboxylic acids is 2. The SMILES string of the molecule is CC(N)=O.CC(N)=O.N[C@@H](CCC(=O)O)C(=O)O. The zero-order chi connectivity index (χ0) is 15.3. The highest BCUT2D eigenvalue weighted by molar-refractivity contribution is 5.74. The van der Waals surface area contributed by atoms with Crippen LogP contribution in [0, 0.1) is 0 Å². The minimum Gasteiger partial charge on any atom is -0.481 e. The molecule has 8 N–H and O–H groups in total. The molecule has 0 fully saturated rings. The van der Waals surface area contributed by atoms with E-state index in [2.05, 4.69) is 11.5 Å². The van der Waals surface area contributed by atoms with Gasteiger partial charge in [0.15, 0.2) is 0 Å². The fourth-order valence-electron chi connectivity index (χ4n) is 0.402. The molecular weight excluding hydrogens is 246 g/mol. The quantitative estimate of drug-likeness (QED) is 0.398. The summed E-state index contributed by atoms with van der Waals surface area (Å²) in [5.74, 6) is -2.86. The van der Waals surface area contributed by atoms with E-state index in [1.807, 2.05) is 0 Å². The number of hydrogen-bond donors (Lipinski definition) is 5. The Labute approximate surface area is 104 Å².